The van der Waals surface area contributed by atoms with Gasteiger partial charge in [0.1, 0.15) is 6.61 Å². The summed E-state index contributed by atoms with van der Waals surface area (Å²) in [5.41, 5.74) is 3.86. The first-order valence-electron chi connectivity index (χ1n) is 5.99. The standard InChI is InChI=1S/C16H14N2O/c1-13-4-2-3-5-16(13)12-19-18-11-15-8-6-14(10-17)7-9-15/h2-9,11H,12H2,1H3. The minimum atomic E-state index is 0.458. The van der Waals surface area contributed by atoms with Crippen LogP contribution in [0.25, 0.3) is 0 Å². The molecule has 3 heteroatoms. The van der Waals surface area contributed by atoms with Gasteiger partial charge in [0.15, 0.2) is 0 Å². The highest BCUT2D eigenvalue weighted by atomic mass is 16.6. The number of aryl methyl sites for hydroxylation is 1. The lowest BCUT2D eigenvalue weighted by molar-refractivity contribution is 0.131. The molecule has 0 unspecified atom stereocenters. The van der Waals surface area contributed by atoms with Crippen molar-refractivity contribution in [2.75, 3.05) is 0 Å². The van der Waals surface area contributed by atoms with Crippen LogP contribution in [0.2, 0.25) is 0 Å². The van der Waals surface area contributed by atoms with Crippen molar-refractivity contribution in [1.82, 2.24) is 0 Å². The van der Waals surface area contributed by atoms with Crippen LogP contribution in [0, 0.1) is 18.3 Å². The minimum Gasteiger partial charge on any atom is -0.391 e. The van der Waals surface area contributed by atoms with E-state index in [9.17, 15) is 0 Å². The third-order valence-electron chi connectivity index (χ3n) is 2.80. The second kappa shape index (κ2) is 6.36. The molecule has 94 valence electrons. The molecule has 0 saturated heterocycles. The third kappa shape index (κ3) is 3.68. The molecule has 0 fully saturated rings. The van der Waals surface area contributed by atoms with Crippen molar-refractivity contribution in [1.29, 1.82) is 5.26 Å². The molecule has 0 N–H and O–H groups in total. The Kier molecular flexibility index (Phi) is 4.30. The molecule has 19 heavy (non-hydrogen) atoms. The molecule has 0 aliphatic rings. The molecule has 0 atom stereocenters. The Bertz CT molecular complexity index is 609. The predicted molar refractivity (Wildman–Crippen MR) is 74.7 cm³/mol. The first-order chi connectivity index (χ1) is 9.29. The molecule has 0 heterocycles. The van der Waals surface area contributed by atoms with Gasteiger partial charge in [-0.1, -0.05) is 41.6 Å². The summed E-state index contributed by atoms with van der Waals surface area (Å²) in [6, 6.07) is 17.3. The molecule has 0 spiro atoms. The summed E-state index contributed by atoms with van der Waals surface area (Å²) in [7, 11) is 0. The molecule has 0 radical (unpaired) electrons. The monoisotopic (exact) mass is 250 g/mol. The first kappa shape index (κ1) is 12.8. The Labute approximate surface area is 112 Å². The zero-order valence-electron chi connectivity index (χ0n) is 10.7. The Balaban J connectivity index is 1.90. The number of hydrogen-bond donors (Lipinski definition) is 0. The lowest BCUT2D eigenvalue weighted by Crippen LogP contribution is -1.91. The SMILES string of the molecule is Cc1ccccc1CON=Cc1ccc(C#N)cc1. The fourth-order valence-electron chi connectivity index (χ4n) is 1.62. The van der Waals surface area contributed by atoms with E-state index in [1.807, 2.05) is 43.3 Å². The van der Waals surface area contributed by atoms with Crippen LogP contribution in [0.4, 0.5) is 0 Å². The van der Waals surface area contributed by atoms with Crippen LogP contribution in [0.1, 0.15) is 22.3 Å². The molecule has 2 aromatic rings. The summed E-state index contributed by atoms with van der Waals surface area (Å²) in [5, 5.41) is 12.6. The zero-order chi connectivity index (χ0) is 13.5. The predicted octanol–water partition coefficient (Wildman–Crippen LogP) is 3.42. The van der Waals surface area contributed by atoms with E-state index in [1.54, 1.807) is 18.3 Å². The molecule has 2 aromatic carbocycles. The second-order valence-electron chi connectivity index (χ2n) is 4.17. The number of benzene rings is 2. The Morgan fingerprint density at radius 1 is 1.16 bits per heavy atom. The van der Waals surface area contributed by atoms with Crippen LogP contribution >= 0.6 is 0 Å². The molecule has 0 aromatic heterocycles. The third-order valence-corrected chi connectivity index (χ3v) is 2.80. The van der Waals surface area contributed by atoms with E-state index in [0.29, 0.717) is 12.2 Å². The van der Waals surface area contributed by atoms with Crippen LogP contribution in [-0.2, 0) is 11.4 Å². The van der Waals surface area contributed by atoms with Crippen molar-refractivity contribution in [3.05, 3.63) is 70.8 Å². The smallest absolute Gasteiger partial charge is 0.142 e. The zero-order valence-corrected chi connectivity index (χ0v) is 10.7. The average Bonchev–Trinajstić information content (AvgIpc) is 2.46. The molecule has 0 amide bonds. The first-order valence-corrected chi connectivity index (χ1v) is 5.99. The van der Waals surface area contributed by atoms with E-state index in [2.05, 4.69) is 11.2 Å². The fourth-order valence-corrected chi connectivity index (χ4v) is 1.62. The maximum absolute atomic E-state index is 8.69. The van der Waals surface area contributed by atoms with Gasteiger partial charge < -0.3 is 4.84 Å². The van der Waals surface area contributed by atoms with Crippen molar-refractivity contribution < 1.29 is 4.84 Å². The molecule has 0 aliphatic carbocycles. The lowest BCUT2D eigenvalue weighted by Gasteiger charge is -2.03. The summed E-state index contributed by atoms with van der Waals surface area (Å²) in [5.74, 6) is 0. The molecule has 3 nitrogen and oxygen atoms in total. The van der Waals surface area contributed by atoms with E-state index in [4.69, 9.17) is 10.1 Å². The number of nitrogens with zero attached hydrogens (tertiary/aromatic N) is 2. The normalized spacial score (nSPS) is 10.3. The van der Waals surface area contributed by atoms with Gasteiger partial charge in [0.05, 0.1) is 17.8 Å². The number of nitriles is 1. The van der Waals surface area contributed by atoms with Gasteiger partial charge >= 0.3 is 0 Å². The lowest BCUT2D eigenvalue weighted by atomic mass is 10.1. The topological polar surface area (TPSA) is 45.4 Å². The Morgan fingerprint density at radius 3 is 2.58 bits per heavy atom. The van der Waals surface area contributed by atoms with Gasteiger partial charge in [-0.25, -0.2) is 0 Å². The maximum Gasteiger partial charge on any atom is 0.142 e. The molecule has 0 bridgehead atoms. The molecule has 0 aliphatic heterocycles. The van der Waals surface area contributed by atoms with Gasteiger partial charge in [-0.15, -0.1) is 0 Å². The van der Waals surface area contributed by atoms with E-state index in [0.717, 1.165) is 11.1 Å². The molecule has 2 rings (SSSR count). The summed E-state index contributed by atoms with van der Waals surface area (Å²) < 4.78 is 0. The van der Waals surface area contributed by atoms with Gasteiger partial charge in [0.25, 0.3) is 0 Å². The fraction of sp³-hybridized carbons (Fsp3) is 0.125. The highest BCUT2D eigenvalue weighted by Gasteiger charge is 1.96. The van der Waals surface area contributed by atoms with Crippen molar-refractivity contribution in [3.63, 3.8) is 0 Å². The van der Waals surface area contributed by atoms with E-state index >= 15 is 0 Å². The highest BCUT2D eigenvalue weighted by Crippen LogP contribution is 2.08. The van der Waals surface area contributed by atoms with Crippen LogP contribution in [0.3, 0.4) is 0 Å². The van der Waals surface area contributed by atoms with E-state index < -0.39 is 0 Å². The second-order valence-corrected chi connectivity index (χ2v) is 4.17. The molecule has 0 saturated carbocycles. The van der Waals surface area contributed by atoms with Crippen molar-refractivity contribution >= 4 is 6.21 Å². The van der Waals surface area contributed by atoms with Gasteiger partial charge in [-0.05, 0) is 35.7 Å². The van der Waals surface area contributed by atoms with Gasteiger partial charge in [-0.3, -0.25) is 0 Å². The van der Waals surface area contributed by atoms with Crippen molar-refractivity contribution in [2.45, 2.75) is 13.5 Å². The van der Waals surface area contributed by atoms with Crippen molar-refractivity contribution in [2.24, 2.45) is 5.16 Å². The summed E-state index contributed by atoms with van der Waals surface area (Å²) in [6.07, 6.45) is 1.64. The maximum atomic E-state index is 8.69. The Hall–Kier alpha value is -2.60. The summed E-state index contributed by atoms with van der Waals surface area (Å²) in [4.78, 5) is 5.27. The Morgan fingerprint density at radius 2 is 1.89 bits per heavy atom. The number of oxime groups is 1. The molecular weight excluding hydrogens is 236 g/mol. The average molecular weight is 250 g/mol. The number of rotatable bonds is 4. The van der Waals surface area contributed by atoms with Crippen LogP contribution < -0.4 is 0 Å². The van der Waals surface area contributed by atoms with Crippen LogP contribution in [0.15, 0.2) is 53.7 Å². The van der Waals surface area contributed by atoms with Gasteiger partial charge in [0, 0.05) is 0 Å². The van der Waals surface area contributed by atoms with Gasteiger partial charge in [-0.2, -0.15) is 5.26 Å². The quantitative estimate of drug-likeness (QED) is 0.616. The van der Waals surface area contributed by atoms with Crippen LogP contribution in [-0.4, -0.2) is 6.21 Å². The minimum absolute atomic E-state index is 0.458. The van der Waals surface area contributed by atoms with Crippen molar-refractivity contribution in [3.8, 4) is 6.07 Å². The van der Waals surface area contributed by atoms with Crippen LogP contribution in [0.5, 0.6) is 0 Å². The molecular formula is C16H14N2O. The van der Waals surface area contributed by atoms with E-state index in [1.165, 1.54) is 5.56 Å². The van der Waals surface area contributed by atoms with Gasteiger partial charge in [0.2, 0.25) is 0 Å². The number of hydrogen-bond acceptors (Lipinski definition) is 3. The van der Waals surface area contributed by atoms with E-state index in [-0.39, 0.29) is 0 Å². The highest BCUT2D eigenvalue weighted by molar-refractivity contribution is 5.79. The summed E-state index contributed by atoms with van der Waals surface area (Å²) >= 11 is 0. The summed E-state index contributed by atoms with van der Waals surface area (Å²) in [6.45, 7) is 2.50. The largest absolute Gasteiger partial charge is 0.391 e.